The fourth-order valence-corrected chi connectivity index (χ4v) is 2.06. The molecule has 0 saturated heterocycles. The third kappa shape index (κ3) is 3.01. The van der Waals surface area contributed by atoms with Crippen molar-refractivity contribution in [2.75, 3.05) is 11.9 Å². The quantitative estimate of drug-likeness (QED) is 0.831. The molecule has 1 unspecified atom stereocenters. The highest BCUT2D eigenvalue weighted by Crippen LogP contribution is 2.16. The molecule has 2 aromatic rings. The van der Waals surface area contributed by atoms with Gasteiger partial charge in [-0.15, -0.1) is 0 Å². The van der Waals surface area contributed by atoms with Gasteiger partial charge in [-0.05, 0) is 19.4 Å². The van der Waals surface area contributed by atoms with Gasteiger partial charge in [-0.3, -0.25) is 4.79 Å². The number of rotatable bonds is 6. The van der Waals surface area contributed by atoms with Crippen molar-refractivity contribution in [1.29, 1.82) is 0 Å². The van der Waals surface area contributed by atoms with Gasteiger partial charge in [0.1, 0.15) is 5.52 Å². The third-order valence-corrected chi connectivity index (χ3v) is 3.01. The minimum Gasteiger partial charge on any atom is -0.481 e. The maximum absolute atomic E-state index is 11.1. The van der Waals surface area contributed by atoms with E-state index in [4.69, 9.17) is 5.11 Å². The zero-order valence-corrected chi connectivity index (χ0v) is 11.1. The minimum absolute atomic E-state index is 0.375. The fourth-order valence-electron chi connectivity index (χ4n) is 2.06. The smallest absolute Gasteiger partial charge is 0.308 e. The van der Waals surface area contributed by atoms with Crippen LogP contribution in [0.15, 0.2) is 18.5 Å². The van der Waals surface area contributed by atoms with Crippen LogP contribution in [0.2, 0.25) is 0 Å². The summed E-state index contributed by atoms with van der Waals surface area (Å²) in [4.78, 5) is 15.3. The van der Waals surface area contributed by atoms with Crippen LogP contribution in [0.5, 0.6) is 0 Å². The van der Waals surface area contributed by atoms with E-state index in [1.807, 2.05) is 19.9 Å². The summed E-state index contributed by atoms with van der Waals surface area (Å²) in [5, 5.41) is 16.5. The maximum Gasteiger partial charge on any atom is 0.308 e. The Balaban J connectivity index is 2.14. The van der Waals surface area contributed by atoms with Crippen molar-refractivity contribution in [3.8, 4) is 0 Å². The normalized spacial score (nSPS) is 12.5. The van der Waals surface area contributed by atoms with E-state index in [0.29, 0.717) is 18.8 Å². The average molecular weight is 262 g/mol. The Bertz CT molecular complexity index is 579. The molecule has 19 heavy (non-hydrogen) atoms. The van der Waals surface area contributed by atoms with Gasteiger partial charge in [-0.1, -0.05) is 13.3 Å². The molecule has 1 atom stereocenters. The summed E-state index contributed by atoms with van der Waals surface area (Å²) < 4.78 is 1.74. The van der Waals surface area contributed by atoms with E-state index in [0.717, 1.165) is 17.6 Å². The van der Waals surface area contributed by atoms with Crippen LogP contribution >= 0.6 is 0 Å². The zero-order valence-electron chi connectivity index (χ0n) is 11.1. The lowest BCUT2D eigenvalue weighted by atomic mass is 10.0. The first-order chi connectivity index (χ1) is 9.11. The Morgan fingerprint density at radius 3 is 3.05 bits per heavy atom. The van der Waals surface area contributed by atoms with E-state index in [2.05, 4.69) is 15.4 Å². The first-order valence-electron chi connectivity index (χ1n) is 6.39. The van der Waals surface area contributed by atoms with Gasteiger partial charge in [0, 0.05) is 18.9 Å². The summed E-state index contributed by atoms with van der Waals surface area (Å²) in [6.45, 7) is 4.27. The van der Waals surface area contributed by atoms with Crippen LogP contribution in [0.4, 0.5) is 5.82 Å². The van der Waals surface area contributed by atoms with Gasteiger partial charge in [0.2, 0.25) is 0 Å². The van der Waals surface area contributed by atoms with Crippen molar-refractivity contribution in [3.05, 3.63) is 24.2 Å². The Morgan fingerprint density at radius 1 is 1.58 bits per heavy atom. The molecule has 2 rings (SSSR count). The van der Waals surface area contributed by atoms with Gasteiger partial charge in [0.25, 0.3) is 0 Å². The molecule has 0 aliphatic rings. The highest BCUT2D eigenvalue weighted by atomic mass is 16.4. The number of nitrogens with zero attached hydrogens (tertiary/aromatic N) is 3. The number of carboxylic acid groups (broad SMARTS) is 1. The number of carboxylic acids is 1. The van der Waals surface area contributed by atoms with Gasteiger partial charge in [0.15, 0.2) is 5.82 Å². The standard InChI is InChI=1S/C13H18N4O2/c1-3-4-10(13(18)19)8-15-12-11-7-9(2)16-17(11)6-5-14-12/h5-7,10H,3-4,8H2,1-2H3,(H,14,15)(H,18,19). The van der Waals surface area contributed by atoms with Gasteiger partial charge >= 0.3 is 5.97 Å². The van der Waals surface area contributed by atoms with E-state index in [9.17, 15) is 4.79 Å². The molecule has 2 N–H and O–H groups in total. The van der Waals surface area contributed by atoms with Crippen molar-refractivity contribution in [1.82, 2.24) is 14.6 Å². The summed E-state index contributed by atoms with van der Waals surface area (Å²) in [5.74, 6) is -0.493. The number of hydrogen-bond acceptors (Lipinski definition) is 4. The molecule has 0 fully saturated rings. The van der Waals surface area contributed by atoms with E-state index >= 15 is 0 Å². The molecule has 6 heteroatoms. The molecule has 0 aromatic carbocycles. The van der Waals surface area contributed by atoms with Crippen LogP contribution in [0.1, 0.15) is 25.5 Å². The zero-order chi connectivity index (χ0) is 13.8. The molecular formula is C13H18N4O2. The van der Waals surface area contributed by atoms with E-state index < -0.39 is 11.9 Å². The van der Waals surface area contributed by atoms with Crippen molar-refractivity contribution in [2.24, 2.45) is 5.92 Å². The molecule has 0 aliphatic carbocycles. The second-order valence-corrected chi connectivity index (χ2v) is 4.60. The molecular weight excluding hydrogens is 244 g/mol. The molecule has 0 aliphatic heterocycles. The van der Waals surface area contributed by atoms with Crippen LogP contribution in [0, 0.1) is 12.8 Å². The molecule has 0 radical (unpaired) electrons. The SMILES string of the molecule is CCCC(CNc1nccn2nc(C)cc12)C(=O)O. The van der Waals surface area contributed by atoms with Gasteiger partial charge in [0.05, 0.1) is 11.6 Å². The number of aromatic nitrogens is 3. The summed E-state index contributed by atoms with van der Waals surface area (Å²) in [6.07, 6.45) is 4.93. The molecule has 0 bridgehead atoms. The van der Waals surface area contributed by atoms with Gasteiger partial charge in [-0.2, -0.15) is 5.10 Å². The van der Waals surface area contributed by atoms with Crippen LogP contribution < -0.4 is 5.32 Å². The fraction of sp³-hybridized carbons (Fsp3) is 0.462. The molecule has 0 amide bonds. The van der Waals surface area contributed by atoms with E-state index in [1.54, 1.807) is 16.9 Å². The second kappa shape index (κ2) is 5.69. The third-order valence-electron chi connectivity index (χ3n) is 3.01. The lowest BCUT2D eigenvalue weighted by molar-refractivity contribution is -0.141. The first-order valence-corrected chi connectivity index (χ1v) is 6.39. The van der Waals surface area contributed by atoms with Crippen molar-refractivity contribution in [3.63, 3.8) is 0 Å². The number of fused-ring (bicyclic) bond motifs is 1. The highest BCUT2D eigenvalue weighted by Gasteiger charge is 2.16. The molecule has 0 spiro atoms. The summed E-state index contributed by atoms with van der Waals surface area (Å²) in [7, 11) is 0. The number of nitrogens with one attached hydrogen (secondary N) is 1. The monoisotopic (exact) mass is 262 g/mol. The number of aliphatic carboxylic acids is 1. The molecule has 102 valence electrons. The van der Waals surface area contributed by atoms with Crippen molar-refractivity contribution < 1.29 is 9.90 Å². The first kappa shape index (κ1) is 13.3. The maximum atomic E-state index is 11.1. The number of aryl methyl sites for hydroxylation is 1. The summed E-state index contributed by atoms with van der Waals surface area (Å²) in [5.41, 5.74) is 1.76. The highest BCUT2D eigenvalue weighted by molar-refractivity contribution is 5.72. The number of anilines is 1. The molecule has 0 saturated carbocycles. The van der Waals surface area contributed by atoms with Crippen LogP contribution in [0.3, 0.4) is 0 Å². The number of carbonyl (C=O) groups is 1. The predicted octanol–water partition coefficient (Wildman–Crippen LogP) is 1.95. The second-order valence-electron chi connectivity index (χ2n) is 4.60. The molecule has 2 aromatic heterocycles. The van der Waals surface area contributed by atoms with Gasteiger partial charge < -0.3 is 10.4 Å². The Hall–Kier alpha value is -2.11. The van der Waals surface area contributed by atoms with Crippen LogP contribution in [-0.2, 0) is 4.79 Å². The molecule has 2 heterocycles. The lowest BCUT2D eigenvalue weighted by Gasteiger charge is -2.13. The van der Waals surface area contributed by atoms with Crippen LogP contribution in [0.25, 0.3) is 5.52 Å². The van der Waals surface area contributed by atoms with Gasteiger partial charge in [-0.25, -0.2) is 9.50 Å². The lowest BCUT2D eigenvalue weighted by Crippen LogP contribution is -2.23. The predicted molar refractivity (Wildman–Crippen MR) is 72.2 cm³/mol. The largest absolute Gasteiger partial charge is 0.481 e. The summed E-state index contributed by atoms with van der Waals surface area (Å²) >= 11 is 0. The number of hydrogen-bond donors (Lipinski definition) is 2. The van der Waals surface area contributed by atoms with E-state index in [1.165, 1.54) is 0 Å². The Labute approximate surface area is 111 Å². The Morgan fingerprint density at radius 2 is 2.37 bits per heavy atom. The summed E-state index contributed by atoms with van der Waals surface area (Å²) in [6, 6.07) is 1.92. The topological polar surface area (TPSA) is 79.5 Å². The average Bonchev–Trinajstić information content (AvgIpc) is 2.74. The van der Waals surface area contributed by atoms with Crippen LogP contribution in [-0.4, -0.2) is 32.2 Å². The van der Waals surface area contributed by atoms with E-state index in [-0.39, 0.29) is 0 Å². The molecule has 6 nitrogen and oxygen atoms in total. The Kier molecular flexibility index (Phi) is 3.99. The van der Waals surface area contributed by atoms with Crippen molar-refractivity contribution in [2.45, 2.75) is 26.7 Å². The van der Waals surface area contributed by atoms with Crippen molar-refractivity contribution >= 4 is 17.3 Å². The minimum atomic E-state index is -0.772.